The third-order valence-corrected chi connectivity index (χ3v) is 1.93. The second kappa shape index (κ2) is 6.05. The van der Waals surface area contributed by atoms with Crippen LogP contribution in [0.3, 0.4) is 0 Å². The van der Waals surface area contributed by atoms with Gasteiger partial charge in [0.05, 0.1) is 0 Å². The highest BCUT2D eigenvalue weighted by molar-refractivity contribution is 6.33. The van der Waals surface area contributed by atoms with Crippen molar-refractivity contribution < 1.29 is 18.4 Å². The van der Waals surface area contributed by atoms with Gasteiger partial charge in [0, 0.05) is 10.5 Å². The van der Waals surface area contributed by atoms with Crippen LogP contribution in [0.5, 0.6) is 0 Å². The molecule has 0 aliphatic rings. The second-order valence-electron chi connectivity index (χ2n) is 3.59. The number of hydrogen-bond acceptors (Lipinski definition) is 3. The van der Waals surface area contributed by atoms with Crippen molar-refractivity contribution in [1.82, 2.24) is 0 Å². The highest BCUT2D eigenvalue weighted by Gasteiger charge is 2.16. The number of ether oxygens (including phenoxy) is 1. The van der Waals surface area contributed by atoms with Gasteiger partial charge in [-0.1, -0.05) is 44.1 Å². The van der Waals surface area contributed by atoms with Crippen LogP contribution in [0.15, 0.2) is 30.3 Å². The van der Waals surface area contributed by atoms with Crippen LogP contribution in [0, 0.1) is 5.92 Å². The van der Waals surface area contributed by atoms with Crippen LogP contribution in [0.25, 0.3) is 0 Å². The van der Waals surface area contributed by atoms with Gasteiger partial charge < -0.3 is 4.74 Å². The van der Waals surface area contributed by atoms with Gasteiger partial charge in [-0.05, 0) is 11.5 Å². The third kappa shape index (κ3) is 4.26. The van der Waals surface area contributed by atoms with E-state index in [0.29, 0.717) is 0 Å². The standard InChI is InChI=1S/C13H16O3/c1-10(2)8-12(14)13(15)16-9-11-6-4-3-5-7-11/h3-7,10H,8-9H2,1-2H3/i1D3. The SMILES string of the molecule is [2H]C([2H])([2H])C(C)CC(=O)C(=O)OCc1ccccc1. The molecule has 0 heterocycles. The average molecular weight is 223 g/mol. The van der Waals surface area contributed by atoms with E-state index in [0.717, 1.165) is 5.56 Å². The number of hydrogen-bond donors (Lipinski definition) is 0. The first-order chi connectivity index (χ1) is 8.80. The van der Waals surface area contributed by atoms with Crippen molar-refractivity contribution in [3.63, 3.8) is 0 Å². The Labute approximate surface area is 99.6 Å². The minimum Gasteiger partial charge on any atom is -0.455 e. The van der Waals surface area contributed by atoms with Gasteiger partial charge in [-0.2, -0.15) is 0 Å². The van der Waals surface area contributed by atoms with E-state index >= 15 is 0 Å². The Hall–Kier alpha value is -1.64. The molecule has 0 aliphatic heterocycles. The smallest absolute Gasteiger partial charge is 0.374 e. The van der Waals surface area contributed by atoms with Crippen LogP contribution in [0.1, 0.15) is 29.9 Å². The Morgan fingerprint density at radius 2 is 2.06 bits per heavy atom. The van der Waals surface area contributed by atoms with Gasteiger partial charge in [-0.15, -0.1) is 0 Å². The van der Waals surface area contributed by atoms with Gasteiger partial charge in [0.15, 0.2) is 0 Å². The van der Waals surface area contributed by atoms with Crippen molar-refractivity contribution in [3.8, 4) is 0 Å². The molecule has 1 unspecified atom stereocenters. The first-order valence-electron chi connectivity index (χ1n) is 6.54. The van der Waals surface area contributed by atoms with Crippen molar-refractivity contribution in [2.75, 3.05) is 0 Å². The van der Waals surface area contributed by atoms with Crippen LogP contribution >= 0.6 is 0 Å². The summed E-state index contributed by atoms with van der Waals surface area (Å²) in [5.74, 6) is -2.65. The molecule has 3 nitrogen and oxygen atoms in total. The molecule has 1 atom stereocenters. The van der Waals surface area contributed by atoms with E-state index < -0.39 is 24.5 Å². The summed E-state index contributed by atoms with van der Waals surface area (Å²) in [6.07, 6.45) is -0.329. The number of benzene rings is 1. The zero-order valence-corrected chi connectivity index (χ0v) is 9.10. The fourth-order valence-corrected chi connectivity index (χ4v) is 1.17. The molecule has 0 amide bonds. The Bertz CT molecular complexity index is 440. The van der Waals surface area contributed by atoms with E-state index in [4.69, 9.17) is 8.85 Å². The zero-order chi connectivity index (χ0) is 14.5. The predicted octanol–water partition coefficient (Wildman–Crippen LogP) is 2.35. The number of carbonyl (C=O) groups excluding carboxylic acids is 2. The molecule has 0 radical (unpaired) electrons. The van der Waals surface area contributed by atoms with Crippen molar-refractivity contribution in [2.45, 2.75) is 26.8 Å². The Morgan fingerprint density at radius 1 is 1.38 bits per heavy atom. The highest BCUT2D eigenvalue weighted by atomic mass is 16.5. The van der Waals surface area contributed by atoms with Gasteiger partial charge >= 0.3 is 5.97 Å². The molecule has 0 saturated carbocycles. The quantitative estimate of drug-likeness (QED) is 0.568. The molecule has 0 bridgehead atoms. The van der Waals surface area contributed by atoms with Gasteiger partial charge in [0.2, 0.25) is 5.78 Å². The van der Waals surface area contributed by atoms with Crippen molar-refractivity contribution in [3.05, 3.63) is 35.9 Å². The van der Waals surface area contributed by atoms with Gasteiger partial charge in [0.25, 0.3) is 0 Å². The maximum absolute atomic E-state index is 11.5. The summed E-state index contributed by atoms with van der Waals surface area (Å²) in [5.41, 5.74) is 0.771. The molecule has 0 aromatic heterocycles. The minimum absolute atomic E-state index is 0.00750. The zero-order valence-electron chi connectivity index (χ0n) is 12.1. The summed E-state index contributed by atoms with van der Waals surface area (Å²) >= 11 is 0. The molecule has 0 spiro atoms. The molecule has 0 fully saturated rings. The van der Waals surface area contributed by atoms with Gasteiger partial charge in [0.1, 0.15) is 6.61 Å². The summed E-state index contributed by atoms with van der Waals surface area (Å²) in [6.45, 7) is -0.821. The first-order valence-corrected chi connectivity index (χ1v) is 5.04. The van der Waals surface area contributed by atoms with E-state index in [-0.39, 0.29) is 13.0 Å². The van der Waals surface area contributed by atoms with Crippen LogP contribution < -0.4 is 0 Å². The summed E-state index contributed by atoms with van der Waals surface area (Å²) in [5, 5.41) is 0. The molecule has 0 saturated heterocycles. The van der Waals surface area contributed by atoms with Gasteiger partial charge in [-0.25, -0.2) is 4.79 Å². The molecule has 0 aliphatic carbocycles. The second-order valence-corrected chi connectivity index (χ2v) is 3.59. The molecular formula is C13H16O3. The fraction of sp³-hybridized carbons (Fsp3) is 0.385. The Morgan fingerprint density at radius 3 is 2.69 bits per heavy atom. The van der Waals surface area contributed by atoms with Crippen LogP contribution in [-0.4, -0.2) is 11.8 Å². The molecule has 86 valence electrons. The maximum atomic E-state index is 11.5. The lowest BCUT2D eigenvalue weighted by atomic mass is 10.1. The lowest BCUT2D eigenvalue weighted by molar-refractivity contribution is -0.155. The van der Waals surface area contributed by atoms with E-state index in [1.54, 1.807) is 24.3 Å². The molecule has 16 heavy (non-hydrogen) atoms. The Balaban J connectivity index is 2.44. The van der Waals surface area contributed by atoms with Crippen LogP contribution in [0.4, 0.5) is 0 Å². The molecule has 1 aromatic rings. The van der Waals surface area contributed by atoms with E-state index in [1.807, 2.05) is 6.07 Å². The molecule has 0 N–H and O–H groups in total. The fourth-order valence-electron chi connectivity index (χ4n) is 1.17. The van der Waals surface area contributed by atoms with Crippen molar-refractivity contribution in [1.29, 1.82) is 0 Å². The number of carbonyl (C=O) groups is 2. The van der Waals surface area contributed by atoms with E-state index in [1.165, 1.54) is 6.92 Å². The number of esters is 1. The minimum atomic E-state index is -2.24. The molecular weight excluding hydrogens is 204 g/mol. The predicted molar refractivity (Wildman–Crippen MR) is 60.7 cm³/mol. The van der Waals surface area contributed by atoms with E-state index in [2.05, 4.69) is 0 Å². The first kappa shape index (κ1) is 8.50. The monoisotopic (exact) mass is 223 g/mol. The summed E-state index contributed by atoms with van der Waals surface area (Å²) in [7, 11) is 0. The molecule has 1 aromatic carbocycles. The lowest BCUT2D eigenvalue weighted by Gasteiger charge is -2.05. The number of ketones is 1. The van der Waals surface area contributed by atoms with E-state index in [9.17, 15) is 9.59 Å². The van der Waals surface area contributed by atoms with Crippen molar-refractivity contribution in [2.24, 2.45) is 5.92 Å². The van der Waals surface area contributed by atoms with Crippen LogP contribution in [0.2, 0.25) is 0 Å². The van der Waals surface area contributed by atoms with Crippen molar-refractivity contribution >= 4 is 11.8 Å². The third-order valence-electron chi connectivity index (χ3n) is 1.93. The lowest BCUT2D eigenvalue weighted by Crippen LogP contribution is -2.18. The molecule has 1 rings (SSSR count). The summed E-state index contributed by atoms with van der Waals surface area (Å²) < 4.78 is 26.2. The maximum Gasteiger partial charge on any atom is 0.374 e. The highest BCUT2D eigenvalue weighted by Crippen LogP contribution is 2.04. The topological polar surface area (TPSA) is 43.4 Å². The largest absolute Gasteiger partial charge is 0.455 e. The normalized spacial score (nSPS) is 15.4. The number of Topliss-reactive ketones (excluding diaryl/α,β-unsaturated/α-hetero) is 1. The molecule has 3 heteroatoms. The summed E-state index contributed by atoms with van der Waals surface area (Å²) in [6, 6.07) is 8.95. The van der Waals surface area contributed by atoms with Crippen LogP contribution in [-0.2, 0) is 20.9 Å². The summed E-state index contributed by atoms with van der Waals surface area (Å²) in [4.78, 5) is 22.9. The average Bonchev–Trinajstić information content (AvgIpc) is 2.35. The number of rotatable bonds is 5. The Kier molecular flexibility index (Phi) is 3.22. The van der Waals surface area contributed by atoms with Gasteiger partial charge in [-0.3, -0.25) is 4.79 Å².